The Hall–Kier alpha value is -1.95. The van der Waals surface area contributed by atoms with Gasteiger partial charge in [0.2, 0.25) is 0 Å². The molecule has 1 aliphatic rings. The van der Waals surface area contributed by atoms with E-state index in [4.69, 9.17) is 0 Å². The molecule has 3 aromatic rings. The number of nitrogens with zero attached hydrogens (tertiary/aromatic N) is 4. The molecule has 3 heterocycles. The summed E-state index contributed by atoms with van der Waals surface area (Å²) in [5.41, 5.74) is 1.14. The lowest BCUT2D eigenvalue weighted by atomic mass is 10.2. The molecule has 0 radical (unpaired) electrons. The number of hydrogen-bond donors (Lipinski definition) is 3. The Morgan fingerprint density at radius 1 is 1.16 bits per heavy atom. The monoisotopic (exact) mass is 566 g/mol. The molecule has 0 aliphatic carbocycles. The first kappa shape index (κ1) is 24.7. The molecule has 1 saturated heterocycles. The van der Waals surface area contributed by atoms with Gasteiger partial charge in [-0.2, -0.15) is 0 Å². The molecule has 7 nitrogen and oxygen atoms in total. The van der Waals surface area contributed by atoms with E-state index in [1.807, 2.05) is 24.4 Å². The van der Waals surface area contributed by atoms with Crippen LogP contribution in [-0.2, 0) is 6.54 Å². The molecule has 2 aromatic heterocycles. The number of rotatable bonds is 6. The zero-order valence-corrected chi connectivity index (χ0v) is 21.6. The van der Waals surface area contributed by atoms with Crippen molar-refractivity contribution in [3.63, 3.8) is 0 Å². The molecular weight excluding hydrogens is 535 g/mol. The average Bonchev–Trinajstić information content (AvgIpc) is 3.24. The SMILES string of the molecule is CN=C(NCc1cccnc1N1CCN(C)CC1)NCC(O)c1cc2ccccc2s1.I. The summed E-state index contributed by atoms with van der Waals surface area (Å²) >= 11 is 1.63. The summed E-state index contributed by atoms with van der Waals surface area (Å²) in [6, 6.07) is 14.3. The normalized spacial score (nSPS) is 16.0. The minimum absolute atomic E-state index is 0. The molecule has 1 unspecified atom stereocenters. The van der Waals surface area contributed by atoms with Gasteiger partial charge in [0.15, 0.2) is 5.96 Å². The number of aliphatic hydroxyl groups excluding tert-OH is 1. The molecule has 172 valence electrons. The Morgan fingerprint density at radius 3 is 2.69 bits per heavy atom. The van der Waals surface area contributed by atoms with E-state index >= 15 is 0 Å². The number of likely N-dealkylation sites (N-methyl/N-ethyl adjacent to an activating group) is 1. The number of pyridine rings is 1. The maximum atomic E-state index is 10.6. The largest absolute Gasteiger partial charge is 0.386 e. The van der Waals surface area contributed by atoms with Crippen LogP contribution < -0.4 is 15.5 Å². The number of anilines is 1. The van der Waals surface area contributed by atoms with Crippen LogP contribution in [0.3, 0.4) is 0 Å². The van der Waals surface area contributed by atoms with Gasteiger partial charge in [-0.3, -0.25) is 4.99 Å². The number of piperazine rings is 1. The average molecular weight is 567 g/mol. The van der Waals surface area contributed by atoms with Gasteiger partial charge in [-0.05, 0) is 30.6 Å². The Labute approximate surface area is 210 Å². The Balaban J connectivity index is 0.00000289. The molecule has 32 heavy (non-hydrogen) atoms. The predicted molar refractivity (Wildman–Crippen MR) is 144 cm³/mol. The first-order chi connectivity index (χ1) is 15.1. The van der Waals surface area contributed by atoms with Crippen LogP contribution in [-0.4, -0.2) is 67.8 Å². The van der Waals surface area contributed by atoms with Gasteiger partial charge in [0.05, 0.1) is 0 Å². The van der Waals surface area contributed by atoms with Gasteiger partial charge in [-0.25, -0.2) is 4.98 Å². The number of hydrogen-bond acceptors (Lipinski definition) is 6. The van der Waals surface area contributed by atoms with Crippen molar-refractivity contribution in [3.8, 4) is 0 Å². The molecule has 0 bridgehead atoms. The van der Waals surface area contributed by atoms with Crippen molar-refractivity contribution in [3.05, 3.63) is 59.1 Å². The standard InChI is InChI=1S/C23H30N6OS.HI/c1-24-23(27-16-19(30)21-14-17-6-3-4-8-20(17)31-21)26-15-18-7-5-9-25-22(18)29-12-10-28(2)11-13-29;/h3-9,14,19,30H,10-13,15-16H2,1-2H3,(H2,24,26,27);1H. The van der Waals surface area contributed by atoms with Gasteiger partial charge < -0.3 is 25.5 Å². The summed E-state index contributed by atoms with van der Waals surface area (Å²) in [5, 5.41) is 18.4. The van der Waals surface area contributed by atoms with Gasteiger partial charge in [-0.15, -0.1) is 35.3 Å². The number of fused-ring (bicyclic) bond motifs is 1. The number of nitrogens with one attached hydrogen (secondary N) is 2. The summed E-state index contributed by atoms with van der Waals surface area (Å²) in [4.78, 5) is 14.6. The van der Waals surface area contributed by atoms with Crippen LogP contribution in [0.4, 0.5) is 5.82 Å². The molecule has 3 N–H and O–H groups in total. The van der Waals surface area contributed by atoms with Crippen molar-refractivity contribution < 1.29 is 5.11 Å². The number of aliphatic hydroxyl groups is 1. The third kappa shape index (κ3) is 6.09. The van der Waals surface area contributed by atoms with E-state index < -0.39 is 6.10 Å². The molecule has 0 spiro atoms. The lowest BCUT2D eigenvalue weighted by molar-refractivity contribution is 0.184. The topological polar surface area (TPSA) is 76.0 Å². The van der Waals surface area contributed by atoms with Crippen molar-refractivity contribution in [2.45, 2.75) is 12.6 Å². The smallest absolute Gasteiger partial charge is 0.191 e. The van der Waals surface area contributed by atoms with Crippen molar-refractivity contribution in [1.82, 2.24) is 20.5 Å². The van der Waals surface area contributed by atoms with E-state index in [1.165, 1.54) is 4.70 Å². The number of guanidine groups is 1. The van der Waals surface area contributed by atoms with E-state index in [1.54, 1.807) is 18.4 Å². The van der Waals surface area contributed by atoms with Gasteiger partial charge in [0, 0.05) is 67.7 Å². The second-order valence-corrected chi connectivity index (χ2v) is 8.90. The first-order valence-electron chi connectivity index (χ1n) is 10.6. The molecule has 1 atom stereocenters. The van der Waals surface area contributed by atoms with Crippen LogP contribution in [0.5, 0.6) is 0 Å². The van der Waals surface area contributed by atoms with E-state index in [9.17, 15) is 5.11 Å². The summed E-state index contributed by atoms with van der Waals surface area (Å²) < 4.78 is 1.19. The maximum absolute atomic E-state index is 10.6. The highest BCUT2D eigenvalue weighted by atomic mass is 127. The van der Waals surface area contributed by atoms with Crippen molar-refractivity contribution in [2.24, 2.45) is 4.99 Å². The number of aromatic nitrogens is 1. The summed E-state index contributed by atoms with van der Waals surface area (Å²) in [6.45, 7) is 5.06. The van der Waals surface area contributed by atoms with Crippen LogP contribution >= 0.6 is 35.3 Å². The van der Waals surface area contributed by atoms with Crippen molar-refractivity contribution >= 4 is 57.2 Å². The van der Waals surface area contributed by atoms with Crippen LogP contribution in [0.15, 0.2) is 53.7 Å². The van der Waals surface area contributed by atoms with E-state index in [-0.39, 0.29) is 24.0 Å². The van der Waals surface area contributed by atoms with Crippen LogP contribution in [0, 0.1) is 0 Å². The highest BCUT2D eigenvalue weighted by Crippen LogP contribution is 2.29. The quantitative estimate of drug-likeness (QED) is 0.242. The summed E-state index contributed by atoms with van der Waals surface area (Å²) in [6.07, 6.45) is 1.27. The molecule has 1 aliphatic heterocycles. The fourth-order valence-corrected chi connectivity index (χ4v) is 4.78. The molecule has 0 amide bonds. The zero-order chi connectivity index (χ0) is 21.6. The minimum atomic E-state index is -0.588. The summed E-state index contributed by atoms with van der Waals surface area (Å²) in [7, 11) is 3.90. The molecule has 0 saturated carbocycles. The molecular formula is C23H31IN6OS. The fourth-order valence-electron chi connectivity index (χ4n) is 3.73. The Kier molecular flexibility index (Phi) is 9.09. The Bertz CT molecular complexity index is 1000. The van der Waals surface area contributed by atoms with Crippen molar-refractivity contribution in [1.29, 1.82) is 0 Å². The minimum Gasteiger partial charge on any atom is -0.386 e. The van der Waals surface area contributed by atoms with E-state index in [0.29, 0.717) is 19.0 Å². The van der Waals surface area contributed by atoms with Crippen molar-refractivity contribution in [2.75, 3.05) is 51.7 Å². The number of thiophene rings is 1. The summed E-state index contributed by atoms with van der Waals surface area (Å²) in [5.74, 6) is 1.69. The second kappa shape index (κ2) is 11.8. The third-order valence-electron chi connectivity index (χ3n) is 5.58. The molecule has 4 rings (SSSR count). The van der Waals surface area contributed by atoms with Crippen LogP contribution in [0.2, 0.25) is 0 Å². The highest BCUT2D eigenvalue weighted by molar-refractivity contribution is 14.0. The number of benzene rings is 1. The van der Waals surface area contributed by atoms with E-state index in [2.05, 4.69) is 61.7 Å². The highest BCUT2D eigenvalue weighted by Gasteiger charge is 2.18. The first-order valence-corrected chi connectivity index (χ1v) is 11.4. The Morgan fingerprint density at radius 2 is 1.94 bits per heavy atom. The lowest BCUT2D eigenvalue weighted by Gasteiger charge is -2.34. The molecule has 1 aromatic carbocycles. The van der Waals surface area contributed by atoms with Gasteiger partial charge >= 0.3 is 0 Å². The van der Waals surface area contributed by atoms with Gasteiger partial charge in [0.1, 0.15) is 11.9 Å². The van der Waals surface area contributed by atoms with Gasteiger partial charge in [-0.1, -0.05) is 24.3 Å². The molecule has 1 fully saturated rings. The van der Waals surface area contributed by atoms with E-state index in [0.717, 1.165) is 47.8 Å². The maximum Gasteiger partial charge on any atom is 0.191 e. The number of halogens is 1. The third-order valence-corrected chi connectivity index (χ3v) is 6.79. The van der Waals surface area contributed by atoms with Crippen LogP contribution in [0.1, 0.15) is 16.5 Å². The molecule has 9 heteroatoms. The predicted octanol–water partition coefficient (Wildman–Crippen LogP) is 3.06. The number of aliphatic imine (C=N–C) groups is 1. The fraction of sp³-hybridized carbons (Fsp3) is 0.391. The second-order valence-electron chi connectivity index (χ2n) is 7.79. The zero-order valence-electron chi connectivity index (χ0n) is 18.5. The van der Waals surface area contributed by atoms with Gasteiger partial charge in [0.25, 0.3) is 0 Å². The lowest BCUT2D eigenvalue weighted by Crippen LogP contribution is -2.45. The van der Waals surface area contributed by atoms with Crippen LogP contribution in [0.25, 0.3) is 10.1 Å².